The Morgan fingerprint density at radius 1 is 1.33 bits per heavy atom. The van der Waals surface area contributed by atoms with Crippen LogP contribution in [0.15, 0.2) is 22.7 Å². The molecule has 0 unspecified atom stereocenters. The summed E-state index contributed by atoms with van der Waals surface area (Å²) >= 11 is 3.24. The molecule has 1 aliphatic heterocycles. The van der Waals surface area contributed by atoms with Crippen molar-refractivity contribution in [3.63, 3.8) is 0 Å². The van der Waals surface area contributed by atoms with Gasteiger partial charge in [-0.15, -0.1) is 0 Å². The molecule has 15 heavy (non-hydrogen) atoms. The summed E-state index contributed by atoms with van der Waals surface area (Å²) in [6.07, 6.45) is 0. The molecule has 1 amide bonds. The molecule has 0 radical (unpaired) electrons. The first-order chi connectivity index (χ1) is 7.15. The third-order valence-electron chi connectivity index (χ3n) is 2.24. The average molecular weight is 272 g/mol. The fraction of sp³-hybridized carbons (Fsp3) is 0.200. The number of Topliss-reactive ketones (excluding diaryl/α,β-unsaturated/α-hetero) is 1. The van der Waals surface area contributed by atoms with Crippen molar-refractivity contribution in [1.82, 2.24) is 0 Å². The third kappa shape index (κ3) is 1.56. The smallest absolute Gasteiger partial charge is 0.299 e. The van der Waals surface area contributed by atoms with Gasteiger partial charge in [0.15, 0.2) is 0 Å². The normalized spacial score (nSPS) is 14.7. The molecule has 2 rings (SSSR count). The first kappa shape index (κ1) is 10.3. The molecule has 0 atom stereocenters. The maximum absolute atomic E-state index is 12.2. The van der Waals surface area contributed by atoms with Gasteiger partial charge < -0.3 is 4.90 Å². The number of hydrogen-bond donors (Lipinski definition) is 0. The minimum absolute atomic E-state index is 0.0754. The van der Waals surface area contributed by atoms with Gasteiger partial charge in [-0.25, -0.2) is 4.39 Å². The Balaban J connectivity index is 2.51. The van der Waals surface area contributed by atoms with Crippen LogP contribution >= 0.6 is 15.9 Å². The standard InChI is InChI=1S/C10H7BrFNO2/c11-6-1-2-7-8(5-6)13(4-3-12)10(15)9(7)14/h1-2,5H,3-4H2. The maximum atomic E-state index is 12.2. The Kier molecular flexibility index (Phi) is 2.56. The highest BCUT2D eigenvalue weighted by atomic mass is 79.9. The average Bonchev–Trinajstić information content (AvgIpc) is 2.44. The lowest BCUT2D eigenvalue weighted by Crippen LogP contribution is -2.31. The number of carbonyl (C=O) groups is 2. The summed E-state index contributed by atoms with van der Waals surface area (Å²) in [6.45, 7) is -0.737. The van der Waals surface area contributed by atoms with Crippen molar-refractivity contribution < 1.29 is 14.0 Å². The Morgan fingerprint density at radius 2 is 2.07 bits per heavy atom. The number of carbonyl (C=O) groups excluding carboxylic acids is 2. The second-order valence-corrected chi connectivity index (χ2v) is 4.05. The highest BCUT2D eigenvalue weighted by Gasteiger charge is 2.35. The van der Waals surface area contributed by atoms with Crippen molar-refractivity contribution in [2.75, 3.05) is 18.1 Å². The molecular weight excluding hydrogens is 265 g/mol. The largest absolute Gasteiger partial charge is 0.302 e. The van der Waals surface area contributed by atoms with Gasteiger partial charge in [-0.1, -0.05) is 15.9 Å². The van der Waals surface area contributed by atoms with E-state index in [2.05, 4.69) is 15.9 Å². The number of rotatable bonds is 2. The van der Waals surface area contributed by atoms with Crippen molar-refractivity contribution in [3.8, 4) is 0 Å². The number of hydrogen-bond acceptors (Lipinski definition) is 2. The fourth-order valence-corrected chi connectivity index (χ4v) is 1.92. The second kappa shape index (κ2) is 3.73. The lowest BCUT2D eigenvalue weighted by Gasteiger charge is -2.13. The van der Waals surface area contributed by atoms with Gasteiger partial charge in [-0.2, -0.15) is 0 Å². The molecule has 0 saturated carbocycles. The van der Waals surface area contributed by atoms with Gasteiger partial charge in [0.05, 0.1) is 17.8 Å². The Bertz CT molecular complexity index is 447. The van der Waals surface area contributed by atoms with E-state index in [0.717, 1.165) is 4.47 Å². The molecule has 3 nitrogen and oxygen atoms in total. The molecule has 0 saturated heterocycles. The summed E-state index contributed by atoms with van der Waals surface area (Å²) in [5, 5.41) is 0. The first-order valence-corrected chi connectivity index (χ1v) is 5.16. The molecule has 1 aromatic rings. The van der Waals surface area contributed by atoms with E-state index in [9.17, 15) is 14.0 Å². The second-order valence-electron chi connectivity index (χ2n) is 3.14. The lowest BCUT2D eigenvalue weighted by molar-refractivity contribution is -0.114. The molecule has 0 fully saturated rings. The van der Waals surface area contributed by atoms with Crippen LogP contribution in [-0.2, 0) is 4.79 Å². The molecule has 1 heterocycles. The fourth-order valence-electron chi connectivity index (χ4n) is 1.57. The van der Waals surface area contributed by atoms with Crippen LogP contribution < -0.4 is 4.90 Å². The summed E-state index contributed by atoms with van der Waals surface area (Å²) in [4.78, 5) is 24.1. The number of amides is 1. The number of fused-ring (bicyclic) bond motifs is 1. The number of halogens is 2. The predicted molar refractivity (Wildman–Crippen MR) is 56.8 cm³/mol. The number of nitrogens with zero attached hydrogens (tertiary/aromatic N) is 1. The number of anilines is 1. The summed E-state index contributed by atoms with van der Waals surface area (Å²) in [5.74, 6) is -1.22. The van der Waals surface area contributed by atoms with Gasteiger partial charge in [-0.3, -0.25) is 9.59 Å². The number of alkyl halides is 1. The van der Waals surface area contributed by atoms with Crippen molar-refractivity contribution >= 4 is 33.3 Å². The summed E-state index contributed by atoms with van der Waals surface area (Å²) in [7, 11) is 0. The Hall–Kier alpha value is -1.23. The van der Waals surface area contributed by atoms with Gasteiger partial charge in [0.2, 0.25) is 0 Å². The Labute approximate surface area is 94.0 Å². The molecule has 0 spiro atoms. The van der Waals surface area contributed by atoms with Crippen LogP contribution in [0.3, 0.4) is 0 Å². The van der Waals surface area contributed by atoms with E-state index < -0.39 is 18.4 Å². The van der Waals surface area contributed by atoms with Crippen LogP contribution in [0.5, 0.6) is 0 Å². The van der Waals surface area contributed by atoms with Gasteiger partial charge in [-0.05, 0) is 18.2 Å². The number of benzene rings is 1. The minimum atomic E-state index is -0.662. The molecular formula is C10H7BrFNO2. The van der Waals surface area contributed by atoms with Crippen LogP contribution in [0.1, 0.15) is 10.4 Å². The maximum Gasteiger partial charge on any atom is 0.299 e. The van der Waals surface area contributed by atoms with E-state index in [-0.39, 0.29) is 6.54 Å². The van der Waals surface area contributed by atoms with E-state index in [1.165, 1.54) is 4.90 Å². The topological polar surface area (TPSA) is 37.4 Å². The van der Waals surface area contributed by atoms with E-state index >= 15 is 0 Å². The van der Waals surface area contributed by atoms with Gasteiger partial charge in [0.1, 0.15) is 6.67 Å². The zero-order chi connectivity index (χ0) is 11.0. The molecule has 0 bridgehead atoms. The summed E-state index contributed by atoms with van der Waals surface area (Å²) in [6, 6.07) is 4.90. The number of ketones is 1. The minimum Gasteiger partial charge on any atom is -0.302 e. The van der Waals surface area contributed by atoms with Crippen molar-refractivity contribution in [2.24, 2.45) is 0 Å². The zero-order valence-electron chi connectivity index (χ0n) is 7.67. The van der Waals surface area contributed by atoms with Crippen LogP contribution in [0.25, 0.3) is 0 Å². The molecule has 0 aromatic heterocycles. The molecule has 78 valence electrons. The molecule has 0 aliphatic carbocycles. The molecule has 1 aliphatic rings. The third-order valence-corrected chi connectivity index (χ3v) is 2.74. The van der Waals surface area contributed by atoms with Crippen LogP contribution in [0.2, 0.25) is 0 Å². The van der Waals surface area contributed by atoms with E-state index in [1.54, 1.807) is 18.2 Å². The highest BCUT2D eigenvalue weighted by molar-refractivity contribution is 9.10. The predicted octanol–water partition coefficient (Wildman–Crippen LogP) is 1.95. The monoisotopic (exact) mass is 271 g/mol. The van der Waals surface area contributed by atoms with Crippen LogP contribution in [0, 0.1) is 0 Å². The zero-order valence-corrected chi connectivity index (χ0v) is 9.25. The SMILES string of the molecule is O=C1C(=O)N(CCF)c2cc(Br)ccc21. The Morgan fingerprint density at radius 3 is 2.73 bits per heavy atom. The van der Waals surface area contributed by atoms with Crippen molar-refractivity contribution in [3.05, 3.63) is 28.2 Å². The van der Waals surface area contributed by atoms with Gasteiger partial charge in [0.25, 0.3) is 11.7 Å². The van der Waals surface area contributed by atoms with E-state index in [4.69, 9.17) is 0 Å². The van der Waals surface area contributed by atoms with Crippen LogP contribution in [-0.4, -0.2) is 24.9 Å². The molecule has 5 heteroatoms. The van der Waals surface area contributed by atoms with Crippen molar-refractivity contribution in [1.29, 1.82) is 0 Å². The summed E-state index contributed by atoms with van der Waals surface area (Å²) in [5.41, 5.74) is 0.827. The molecule has 1 aromatic carbocycles. The quantitative estimate of drug-likeness (QED) is 0.771. The molecule has 0 N–H and O–H groups in total. The van der Waals surface area contributed by atoms with E-state index in [0.29, 0.717) is 11.3 Å². The van der Waals surface area contributed by atoms with Crippen LogP contribution in [0.4, 0.5) is 10.1 Å². The van der Waals surface area contributed by atoms with Gasteiger partial charge >= 0.3 is 0 Å². The van der Waals surface area contributed by atoms with Gasteiger partial charge in [0, 0.05) is 4.47 Å². The first-order valence-electron chi connectivity index (χ1n) is 4.37. The lowest BCUT2D eigenvalue weighted by atomic mass is 10.1. The summed E-state index contributed by atoms with van der Waals surface area (Å²) < 4.78 is 13.0. The van der Waals surface area contributed by atoms with E-state index in [1.807, 2.05) is 0 Å². The highest BCUT2D eigenvalue weighted by Crippen LogP contribution is 2.31. The van der Waals surface area contributed by atoms with Crippen molar-refractivity contribution in [2.45, 2.75) is 0 Å².